The molecule has 36 heavy (non-hydrogen) atoms. The van der Waals surface area contributed by atoms with Gasteiger partial charge in [-0.15, -0.1) is 0 Å². The maximum atomic E-state index is 13.2. The fourth-order valence-corrected chi connectivity index (χ4v) is 4.27. The molecule has 0 bridgehead atoms. The van der Waals surface area contributed by atoms with Crippen LogP contribution in [0.4, 0.5) is 10.1 Å². The number of amides is 1. The van der Waals surface area contributed by atoms with Crippen LogP contribution < -0.4 is 5.73 Å². The Bertz CT molecular complexity index is 1170. The molecule has 0 aromatic heterocycles. The van der Waals surface area contributed by atoms with E-state index in [1.54, 1.807) is 17.0 Å². The van der Waals surface area contributed by atoms with Gasteiger partial charge in [0.15, 0.2) is 17.8 Å². The van der Waals surface area contributed by atoms with Crippen LogP contribution in [0, 0.1) is 23.2 Å². The average molecular weight is 492 g/mol. The molecule has 0 spiro atoms. The summed E-state index contributed by atoms with van der Waals surface area (Å²) in [6, 6.07) is 10.9. The summed E-state index contributed by atoms with van der Waals surface area (Å²) < 4.78 is 13.2. The number of piperidine rings is 1. The summed E-state index contributed by atoms with van der Waals surface area (Å²) in [6.07, 6.45) is 4.68. The zero-order valence-corrected chi connectivity index (χ0v) is 20.5. The number of nitrogens with zero attached hydrogens (tertiary/aromatic N) is 4. The second kappa shape index (κ2) is 12.1. The lowest BCUT2D eigenvalue weighted by Crippen LogP contribution is -2.42. The van der Waals surface area contributed by atoms with Crippen LogP contribution in [0.5, 0.6) is 0 Å². The van der Waals surface area contributed by atoms with Gasteiger partial charge in [-0.25, -0.2) is 14.3 Å². The Morgan fingerprint density at radius 3 is 2.36 bits per heavy atom. The normalized spacial score (nSPS) is 15.8. The first-order chi connectivity index (χ1) is 17.2. The van der Waals surface area contributed by atoms with Gasteiger partial charge in [0.05, 0.1) is 5.69 Å². The third kappa shape index (κ3) is 7.22. The highest BCUT2D eigenvalue weighted by molar-refractivity contribution is 6.01. The standard InChI is InChI=1S/C27H30FN5O3/c1-18(34)22-13-23(19(2)35)15-25(14-22)31-27(30)33(17-29)11-9-26(36)32-10-3-4-21(16-32)12-20-5-7-24(28)8-6-20/h5-8,13-15,21H,3-4,9-12,16H2,1-2H3,(H2,30,31)/t21-/m0/s1. The van der Waals surface area contributed by atoms with Crippen molar-refractivity contribution in [2.75, 3.05) is 19.6 Å². The third-order valence-electron chi connectivity index (χ3n) is 6.23. The van der Waals surface area contributed by atoms with E-state index in [-0.39, 0.29) is 53.8 Å². The predicted octanol–water partition coefficient (Wildman–Crippen LogP) is 3.83. The fourth-order valence-electron chi connectivity index (χ4n) is 4.27. The van der Waals surface area contributed by atoms with E-state index >= 15 is 0 Å². The Morgan fingerprint density at radius 1 is 1.14 bits per heavy atom. The Labute approximate surface area is 210 Å². The van der Waals surface area contributed by atoms with Gasteiger partial charge in [0, 0.05) is 37.2 Å². The van der Waals surface area contributed by atoms with Crippen molar-refractivity contribution in [1.82, 2.24) is 9.80 Å². The summed E-state index contributed by atoms with van der Waals surface area (Å²) in [7, 11) is 0. The molecule has 9 heteroatoms. The van der Waals surface area contributed by atoms with Crippen molar-refractivity contribution in [2.24, 2.45) is 16.6 Å². The second-order valence-electron chi connectivity index (χ2n) is 9.03. The lowest BCUT2D eigenvalue weighted by molar-refractivity contribution is -0.133. The van der Waals surface area contributed by atoms with Gasteiger partial charge in [-0.3, -0.25) is 14.4 Å². The van der Waals surface area contributed by atoms with Crippen molar-refractivity contribution in [2.45, 2.75) is 39.5 Å². The third-order valence-corrected chi connectivity index (χ3v) is 6.23. The van der Waals surface area contributed by atoms with Crippen molar-refractivity contribution in [3.63, 3.8) is 0 Å². The van der Waals surface area contributed by atoms with Gasteiger partial charge in [0.1, 0.15) is 5.82 Å². The zero-order valence-electron chi connectivity index (χ0n) is 20.5. The summed E-state index contributed by atoms with van der Waals surface area (Å²) in [5.41, 5.74) is 7.97. The topological polar surface area (TPSA) is 120 Å². The molecule has 0 saturated carbocycles. The maximum absolute atomic E-state index is 13.2. The predicted molar refractivity (Wildman–Crippen MR) is 134 cm³/mol. The molecule has 188 valence electrons. The van der Waals surface area contributed by atoms with Crippen LogP contribution in [0.25, 0.3) is 0 Å². The minimum atomic E-state index is -0.269. The number of rotatable bonds is 8. The molecule has 0 radical (unpaired) electrons. The summed E-state index contributed by atoms with van der Waals surface area (Å²) in [6.45, 7) is 4.08. The Morgan fingerprint density at radius 2 is 1.78 bits per heavy atom. The highest BCUT2D eigenvalue weighted by Gasteiger charge is 2.24. The minimum absolute atomic E-state index is 0.0513. The molecule has 1 atom stereocenters. The molecule has 1 amide bonds. The number of nitriles is 1. The molecular formula is C27H30FN5O3. The van der Waals surface area contributed by atoms with E-state index in [2.05, 4.69) is 4.99 Å². The molecule has 1 saturated heterocycles. The lowest BCUT2D eigenvalue weighted by atomic mass is 9.91. The van der Waals surface area contributed by atoms with E-state index in [0.29, 0.717) is 24.2 Å². The molecule has 2 aromatic carbocycles. The molecule has 2 aromatic rings. The number of halogens is 1. The molecule has 1 fully saturated rings. The fraction of sp³-hybridized carbons (Fsp3) is 0.370. The van der Waals surface area contributed by atoms with Crippen molar-refractivity contribution in [3.05, 3.63) is 65.0 Å². The number of hydrogen-bond donors (Lipinski definition) is 1. The van der Waals surface area contributed by atoms with E-state index in [0.717, 1.165) is 29.7 Å². The van der Waals surface area contributed by atoms with Gasteiger partial charge in [-0.05, 0) is 74.9 Å². The van der Waals surface area contributed by atoms with Gasteiger partial charge >= 0.3 is 0 Å². The highest BCUT2D eigenvalue weighted by Crippen LogP contribution is 2.22. The molecule has 2 N–H and O–H groups in total. The molecule has 0 aliphatic carbocycles. The Hall–Kier alpha value is -4.06. The van der Waals surface area contributed by atoms with Crippen LogP contribution in [0.3, 0.4) is 0 Å². The monoisotopic (exact) mass is 491 g/mol. The van der Waals surface area contributed by atoms with Gasteiger partial charge in [0.25, 0.3) is 0 Å². The SMILES string of the molecule is CC(=O)c1cc(N=C(N)N(C#N)CCC(=O)N2CCC[C@@H](Cc3ccc(F)cc3)C2)cc(C(C)=O)c1. The lowest BCUT2D eigenvalue weighted by Gasteiger charge is -2.33. The smallest absolute Gasteiger partial charge is 0.224 e. The van der Waals surface area contributed by atoms with Crippen LogP contribution in [-0.4, -0.2) is 52.9 Å². The number of nitrogens with two attached hydrogens (primary N) is 1. The molecule has 1 heterocycles. The largest absolute Gasteiger partial charge is 0.369 e. The summed E-state index contributed by atoms with van der Waals surface area (Å²) in [5, 5.41) is 9.56. The Kier molecular flexibility index (Phi) is 8.90. The van der Waals surface area contributed by atoms with E-state index in [1.807, 2.05) is 6.19 Å². The first-order valence-corrected chi connectivity index (χ1v) is 11.9. The first kappa shape index (κ1) is 26.5. The number of aliphatic imine (C=N–C) groups is 1. The van der Waals surface area contributed by atoms with Crippen molar-refractivity contribution in [3.8, 4) is 6.19 Å². The van der Waals surface area contributed by atoms with Crippen molar-refractivity contribution >= 4 is 29.1 Å². The number of guanidine groups is 1. The van der Waals surface area contributed by atoms with E-state index in [1.165, 1.54) is 44.2 Å². The summed E-state index contributed by atoms with van der Waals surface area (Å²) in [4.78, 5) is 43.6. The van der Waals surface area contributed by atoms with Crippen molar-refractivity contribution in [1.29, 1.82) is 5.26 Å². The van der Waals surface area contributed by atoms with Gasteiger partial charge < -0.3 is 10.6 Å². The number of hydrogen-bond acceptors (Lipinski definition) is 5. The summed E-state index contributed by atoms with van der Waals surface area (Å²) >= 11 is 0. The van der Waals surface area contributed by atoms with E-state index in [9.17, 15) is 24.0 Å². The minimum Gasteiger partial charge on any atom is -0.369 e. The van der Waals surface area contributed by atoms with E-state index in [4.69, 9.17) is 5.73 Å². The molecule has 3 rings (SSSR count). The van der Waals surface area contributed by atoms with Crippen LogP contribution in [0.1, 0.15) is 59.4 Å². The van der Waals surface area contributed by atoms with Crippen LogP contribution in [0.2, 0.25) is 0 Å². The quantitative estimate of drug-likeness (QED) is 0.197. The number of likely N-dealkylation sites (tertiary alicyclic amines) is 1. The number of Topliss-reactive ketones (excluding diaryl/α,β-unsaturated/α-hetero) is 2. The first-order valence-electron chi connectivity index (χ1n) is 11.9. The number of benzene rings is 2. The molecule has 1 aliphatic heterocycles. The van der Waals surface area contributed by atoms with Gasteiger partial charge in [0.2, 0.25) is 11.9 Å². The van der Waals surface area contributed by atoms with Crippen LogP contribution in [-0.2, 0) is 11.2 Å². The van der Waals surface area contributed by atoms with Crippen LogP contribution >= 0.6 is 0 Å². The van der Waals surface area contributed by atoms with E-state index < -0.39 is 0 Å². The molecule has 0 unspecified atom stereocenters. The van der Waals surface area contributed by atoms with Crippen LogP contribution in [0.15, 0.2) is 47.5 Å². The highest BCUT2D eigenvalue weighted by atomic mass is 19.1. The number of ketones is 2. The number of carbonyl (C=O) groups is 3. The van der Waals surface area contributed by atoms with Gasteiger partial charge in [-0.1, -0.05) is 12.1 Å². The molecule has 8 nitrogen and oxygen atoms in total. The molecular weight excluding hydrogens is 461 g/mol. The second-order valence-corrected chi connectivity index (χ2v) is 9.03. The maximum Gasteiger partial charge on any atom is 0.224 e. The zero-order chi connectivity index (χ0) is 26.2. The summed E-state index contributed by atoms with van der Waals surface area (Å²) in [5.74, 6) is -0.645. The molecule has 1 aliphatic rings. The van der Waals surface area contributed by atoms with Crippen molar-refractivity contribution < 1.29 is 18.8 Å². The average Bonchev–Trinajstić information content (AvgIpc) is 2.85. The number of carbonyl (C=O) groups excluding carboxylic acids is 3. The Balaban J connectivity index is 1.62. The van der Waals surface area contributed by atoms with Gasteiger partial charge in [-0.2, -0.15) is 5.26 Å².